The minimum Gasteiger partial charge on any atom is -0.396 e. The van der Waals surface area contributed by atoms with E-state index in [0.717, 1.165) is 50.1 Å². The lowest BCUT2D eigenvalue weighted by Crippen LogP contribution is -2.49. The molecule has 134 valence electrons. The third kappa shape index (κ3) is 3.62. The number of Topliss-reactive ketones (excluding diaryl/α,β-unsaturated/α-hetero) is 1. The Morgan fingerprint density at radius 1 is 1.24 bits per heavy atom. The van der Waals surface area contributed by atoms with Crippen LogP contribution in [0.25, 0.3) is 0 Å². The highest BCUT2D eigenvalue weighted by molar-refractivity contribution is 7.19. The number of anilines is 2. The number of amides is 1. The van der Waals surface area contributed by atoms with Gasteiger partial charge in [0.25, 0.3) is 11.7 Å². The van der Waals surface area contributed by atoms with Gasteiger partial charge < -0.3 is 20.9 Å². The zero-order valence-electron chi connectivity index (χ0n) is 14.4. The number of hydrogen-bond acceptors (Lipinski definition) is 7. The molecular formula is C17H23N5O2S. The number of carbonyl (C=O) groups excluding carboxylic acids is 2. The van der Waals surface area contributed by atoms with E-state index in [1.165, 1.54) is 0 Å². The van der Waals surface area contributed by atoms with Crippen LogP contribution in [0.2, 0.25) is 0 Å². The first-order chi connectivity index (χ1) is 12.0. The fourth-order valence-electron chi connectivity index (χ4n) is 3.33. The minimum atomic E-state index is -0.608. The molecule has 1 aliphatic carbocycles. The summed E-state index contributed by atoms with van der Waals surface area (Å²) in [6, 6.07) is 2.38. The second-order valence-electron chi connectivity index (χ2n) is 6.71. The number of likely N-dealkylation sites (N-methyl/N-ethyl adjacent to an activating group) is 1. The Balaban J connectivity index is 1.79. The average Bonchev–Trinajstić information content (AvgIpc) is 3.22. The van der Waals surface area contributed by atoms with Crippen LogP contribution in [0, 0.1) is 11.3 Å². The summed E-state index contributed by atoms with van der Waals surface area (Å²) < 4.78 is 0. The molecule has 2 heterocycles. The van der Waals surface area contributed by atoms with Crippen LogP contribution in [0.3, 0.4) is 0 Å². The zero-order valence-corrected chi connectivity index (χ0v) is 15.2. The molecule has 0 atom stereocenters. The van der Waals surface area contributed by atoms with Crippen molar-refractivity contribution in [3.63, 3.8) is 0 Å². The highest BCUT2D eigenvalue weighted by Gasteiger charge is 2.31. The monoisotopic (exact) mass is 361 g/mol. The van der Waals surface area contributed by atoms with Gasteiger partial charge in [-0.15, -0.1) is 11.3 Å². The van der Waals surface area contributed by atoms with Gasteiger partial charge in [-0.3, -0.25) is 9.59 Å². The Kier molecular flexibility index (Phi) is 5.25. The van der Waals surface area contributed by atoms with Gasteiger partial charge in [-0.05, 0) is 19.9 Å². The van der Waals surface area contributed by atoms with Crippen LogP contribution in [-0.4, -0.2) is 60.8 Å². The first-order valence-corrected chi connectivity index (χ1v) is 9.44. The van der Waals surface area contributed by atoms with Crippen LogP contribution in [0.15, 0.2) is 0 Å². The molecule has 7 nitrogen and oxygen atoms in total. The van der Waals surface area contributed by atoms with E-state index in [1.807, 2.05) is 7.05 Å². The second kappa shape index (κ2) is 7.42. The fraction of sp³-hybridized carbons (Fsp3) is 0.588. The largest absolute Gasteiger partial charge is 0.396 e. The van der Waals surface area contributed by atoms with E-state index in [9.17, 15) is 14.9 Å². The van der Waals surface area contributed by atoms with Crippen molar-refractivity contribution in [3.8, 4) is 6.07 Å². The van der Waals surface area contributed by atoms with Gasteiger partial charge in [0.1, 0.15) is 21.5 Å². The van der Waals surface area contributed by atoms with Crippen molar-refractivity contribution >= 4 is 33.7 Å². The number of nitrogens with one attached hydrogen (secondary N) is 1. The number of rotatable bonds is 4. The maximum Gasteiger partial charge on any atom is 0.296 e. The van der Waals surface area contributed by atoms with Crippen molar-refractivity contribution in [2.45, 2.75) is 31.7 Å². The van der Waals surface area contributed by atoms with Crippen LogP contribution >= 0.6 is 11.3 Å². The van der Waals surface area contributed by atoms with Crippen LogP contribution in [0.1, 0.15) is 40.9 Å². The van der Waals surface area contributed by atoms with E-state index in [0.29, 0.717) is 24.1 Å². The molecule has 0 unspecified atom stereocenters. The summed E-state index contributed by atoms with van der Waals surface area (Å²) in [6.45, 7) is 2.56. The number of nitriles is 1. The molecule has 0 aromatic carbocycles. The normalized spacial score (nSPS) is 19.0. The van der Waals surface area contributed by atoms with Crippen LogP contribution < -0.4 is 11.1 Å². The number of thiophene rings is 1. The van der Waals surface area contributed by atoms with Crippen molar-refractivity contribution in [3.05, 3.63) is 10.4 Å². The van der Waals surface area contributed by atoms with Gasteiger partial charge in [0.15, 0.2) is 0 Å². The number of nitrogens with zero attached hydrogens (tertiary/aromatic N) is 3. The van der Waals surface area contributed by atoms with Gasteiger partial charge in [0.2, 0.25) is 0 Å². The quantitative estimate of drug-likeness (QED) is 0.622. The summed E-state index contributed by atoms with van der Waals surface area (Å²) in [5.74, 6) is -1.14. The van der Waals surface area contributed by atoms with Gasteiger partial charge in [0.05, 0.1) is 5.69 Å². The molecule has 3 N–H and O–H groups in total. The molecule has 1 aliphatic heterocycles. The van der Waals surface area contributed by atoms with Crippen LogP contribution in [0.4, 0.5) is 10.7 Å². The molecule has 1 aromatic heterocycles. The summed E-state index contributed by atoms with van der Waals surface area (Å²) in [4.78, 5) is 29.0. The van der Waals surface area contributed by atoms with E-state index in [4.69, 9.17) is 5.73 Å². The van der Waals surface area contributed by atoms with Gasteiger partial charge in [-0.1, -0.05) is 12.8 Å². The molecule has 2 fully saturated rings. The SMILES string of the molecule is CN1CCN(C(=O)C(=O)c2sc(NC3CCCC3)c(C#N)c2N)CC1. The van der Waals surface area contributed by atoms with Gasteiger partial charge in [-0.25, -0.2) is 0 Å². The van der Waals surface area contributed by atoms with E-state index in [1.54, 1.807) is 4.90 Å². The zero-order chi connectivity index (χ0) is 18.0. The first kappa shape index (κ1) is 17.7. The Morgan fingerprint density at radius 2 is 1.88 bits per heavy atom. The summed E-state index contributed by atoms with van der Waals surface area (Å²) in [5.41, 5.74) is 6.44. The lowest BCUT2D eigenvalue weighted by molar-refractivity contribution is -0.127. The predicted molar refractivity (Wildman–Crippen MR) is 97.7 cm³/mol. The average molecular weight is 361 g/mol. The number of piperazine rings is 1. The van der Waals surface area contributed by atoms with E-state index < -0.39 is 11.7 Å². The molecule has 1 amide bonds. The fourth-order valence-corrected chi connectivity index (χ4v) is 4.41. The third-order valence-corrected chi connectivity index (χ3v) is 6.07. The summed E-state index contributed by atoms with van der Waals surface area (Å²) in [6.07, 6.45) is 4.42. The predicted octanol–water partition coefficient (Wildman–Crippen LogP) is 1.51. The summed E-state index contributed by atoms with van der Waals surface area (Å²) >= 11 is 1.13. The molecule has 1 aromatic rings. The molecule has 0 bridgehead atoms. The Labute approximate surface area is 151 Å². The topological polar surface area (TPSA) is 102 Å². The van der Waals surface area contributed by atoms with E-state index >= 15 is 0 Å². The van der Waals surface area contributed by atoms with Crippen LogP contribution in [0.5, 0.6) is 0 Å². The van der Waals surface area contributed by atoms with Crippen molar-refractivity contribution in [2.24, 2.45) is 0 Å². The third-order valence-electron chi connectivity index (χ3n) is 4.94. The first-order valence-electron chi connectivity index (χ1n) is 8.62. The lowest BCUT2D eigenvalue weighted by atomic mass is 10.1. The number of ketones is 1. The van der Waals surface area contributed by atoms with Gasteiger partial charge in [0, 0.05) is 32.2 Å². The number of nitrogens with two attached hydrogens (primary N) is 1. The molecule has 0 spiro atoms. The van der Waals surface area contributed by atoms with E-state index in [-0.39, 0.29) is 16.1 Å². The second-order valence-corrected chi connectivity index (χ2v) is 7.73. The number of nitrogen functional groups attached to an aromatic ring is 1. The highest BCUT2D eigenvalue weighted by atomic mass is 32.1. The molecule has 3 rings (SSSR count). The molecular weight excluding hydrogens is 338 g/mol. The van der Waals surface area contributed by atoms with Crippen LogP contribution in [-0.2, 0) is 4.79 Å². The summed E-state index contributed by atoms with van der Waals surface area (Å²) in [5, 5.41) is 13.4. The number of hydrogen-bond donors (Lipinski definition) is 2. The van der Waals surface area contributed by atoms with Crippen molar-refractivity contribution in [1.29, 1.82) is 5.26 Å². The Morgan fingerprint density at radius 3 is 2.48 bits per heavy atom. The minimum absolute atomic E-state index is 0.125. The molecule has 2 aliphatic rings. The maximum absolute atomic E-state index is 12.7. The van der Waals surface area contributed by atoms with Gasteiger partial charge >= 0.3 is 0 Å². The standard InChI is InChI=1S/C17H23N5O2S/c1-21-6-8-22(9-7-21)17(24)14(23)15-13(19)12(10-18)16(25-15)20-11-4-2-3-5-11/h11,20H,2-9,19H2,1H3. The highest BCUT2D eigenvalue weighted by Crippen LogP contribution is 2.37. The van der Waals surface area contributed by atoms with Gasteiger partial charge in [-0.2, -0.15) is 5.26 Å². The molecule has 8 heteroatoms. The summed E-state index contributed by atoms with van der Waals surface area (Å²) in [7, 11) is 1.99. The van der Waals surface area contributed by atoms with Crippen molar-refractivity contribution in [1.82, 2.24) is 9.80 Å². The van der Waals surface area contributed by atoms with Crippen molar-refractivity contribution < 1.29 is 9.59 Å². The smallest absolute Gasteiger partial charge is 0.296 e. The Bertz CT molecular complexity index is 709. The molecule has 1 saturated heterocycles. The van der Waals surface area contributed by atoms with E-state index in [2.05, 4.69) is 16.3 Å². The molecule has 0 radical (unpaired) electrons. The molecule has 1 saturated carbocycles. The van der Waals surface area contributed by atoms with Crippen molar-refractivity contribution in [2.75, 3.05) is 44.3 Å². The number of carbonyl (C=O) groups is 2. The Hall–Kier alpha value is -2.11. The maximum atomic E-state index is 12.7. The lowest BCUT2D eigenvalue weighted by Gasteiger charge is -2.31. The molecule has 25 heavy (non-hydrogen) atoms.